The fourth-order valence-electron chi connectivity index (χ4n) is 2.88. The van der Waals surface area contributed by atoms with Crippen molar-refractivity contribution in [1.82, 2.24) is 9.97 Å². The molecule has 0 spiro atoms. The Morgan fingerprint density at radius 1 is 0.750 bits per heavy atom. The Balaban J connectivity index is 1.84. The van der Waals surface area contributed by atoms with Crippen molar-refractivity contribution in [2.24, 2.45) is 0 Å². The summed E-state index contributed by atoms with van der Waals surface area (Å²) in [5.74, 6) is 0. The van der Waals surface area contributed by atoms with Crippen molar-refractivity contribution in [2.45, 2.75) is 6.18 Å². The summed E-state index contributed by atoms with van der Waals surface area (Å²) in [6.07, 6.45) is -4.84. The maximum atomic E-state index is 13.6. The summed E-state index contributed by atoms with van der Waals surface area (Å²) in [7, 11) is 0. The van der Waals surface area contributed by atoms with Crippen LogP contribution in [-0.2, 0) is 6.18 Å². The number of aromatic nitrogens is 2. The van der Waals surface area contributed by atoms with Crippen LogP contribution in [0, 0.1) is 0 Å². The lowest BCUT2D eigenvalue weighted by atomic mass is 10.1. The first-order valence-corrected chi connectivity index (χ1v) is 8.31. The van der Waals surface area contributed by atoms with Crippen LogP contribution in [-0.4, -0.2) is 9.97 Å². The molecule has 4 aromatic rings. The van der Waals surface area contributed by atoms with Crippen molar-refractivity contribution in [3.8, 4) is 0 Å². The number of hydrogen-bond donors (Lipinski definition) is 2. The van der Waals surface area contributed by atoms with Crippen LogP contribution in [0.15, 0.2) is 71.5 Å². The van der Waals surface area contributed by atoms with E-state index in [4.69, 9.17) is 0 Å². The summed E-state index contributed by atoms with van der Waals surface area (Å²) in [4.78, 5) is 19.9. The highest BCUT2D eigenvalue weighted by Crippen LogP contribution is 2.32. The number of hydrazine groups is 1. The van der Waals surface area contributed by atoms with E-state index in [0.717, 1.165) is 10.8 Å². The van der Waals surface area contributed by atoms with Crippen LogP contribution < -0.4 is 16.4 Å². The molecule has 0 amide bonds. The highest BCUT2D eigenvalue weighted by molar-refractivity contribution is 5.94. The SMILES string of the molecule is O=c1nc2ccccc2nc(C(F)(F)F)c1NNc1cccc2ccccc12. The second-order valence-electron chi connectivity index (χ2n) is 6.02. The molecule has 5 nitrogen and oxygen atoms in total. The maximum Gasteiger partial charge on any atom is 0.435 e. The Labute approximate surface area is 156 Å². The first-order valence-electron chi connectivity index (χ1n) is 8.31. The van der Waals surface area contributed by atoms with Crippen molar-refractivity contribution >= 4 is 33.2 Å². The zero-order valence-electron chi connectivity index (χ0n) is 14.3. The average Bonchev–Trinajstić information content (AvgIpc) is 2.82. The Hall–Kier alpha value is -3.68. The van der Waals surface area contributed by atoms with E-state index in [2.05, 4.69) is 20.8 Å². The standard InChI is InChI=1S/C20H13F3N4O/c21-20(22,23)18-17(19(28)25-16-10-4-3-9-15(16)24-18)27-26-14-11-5-7-12-6-1-2-8-13(12)14/h1-11,26H,(H,25,27,28). The quantitative estimate of drug-likeness (QED) is 0.507. The van der Waals surface area contributed by atoms with Gasteiger partial charge < -0.3 is 5.43 Å². The van der Waals surface area contributed by atoms with Gasteiger partial charge >= 0.3 is 6.18 Å². The molecule has 0 aliphatic rings. The number of anilines is 2. The number of halogens is 3. The van der Waals surface area contributed by atoms with Gasteiger partial charge in [0.15, 0.2) is 11.4 Å². The molecule has 4 rings (SSSR count). The van der Waals surface area contributed by atoms with Crippen LogP contribution in [0.5, 0.6) is 0 Å². The van der Waals surface area contributed by atoms with E-state index in [0.29, 0.717) is 5.69 Å². The van der Waals surface area contributed by atoms with Crippen molar-refractivity contribution < 1.29 is 13.2 Å². The van der Waals surface area contributed by atoms with Gasteiger partial charge in [0.05, 0.1) is 16.7 Å². The van der Waals surface area contributed by atoms with Gasteiger partial charge in [0.1, 0.15) is 0 Å². The molecule has 1 aromatic heterocycles. The second kappa shape index (κ2) is 6.80. The van der Waals surface area contributed by atoms with Crippen molar-refractivity contribution in [3.63, 3.8) is 0 Å². The molecule has 0 saturated heterocycles. The second-order valence-corrected chi connectivity index (χ2v) is 6.02. The highest BCUT2D eigenvalue weighted by atomic mass is 19.4. The summed E-state index contributed by atoms with van der Waals surface area (Å²) in [5, 5.41) is 1.68. The zero-order chi connectivity index (χ0) is 19.7. The van der Waals surface area contributed by atoms with Crippen LogP contribution in [0.4, 0.5) is 24.5 Å². The smallest absolute Gasteiger partial charge is 0.300 e. The molecule has 1 heterocycles. The monoisotopic (exact) mass is 382 g/mol. The Bertz CT molecular complexity index is 1240. The number of fused-ring (bicyclic) bond motifs is 2. The zero-order valence-corrected chi connectivity index (χ0v) is 14.3. The molecule has 8 heteroatoms. The van der Waals surface area contributed by atoms with Crippen molar-refractivity contribution in [3.05, 3.63) is 82.8 Å². The number of hydrogen-bond acceptors (Lipinski definition) is 5. The molecule has 0 saturated carbocycles. The van der Waals surface area contributed by atoms with Gasteiger partial charge in [-0.3, -0.25) is 10.2 Å². The summed E-state index contributed by atoms with van der Waals surface area (Å²) in [5.41, 5.74) is 2.49. The number of nitrogens with one attached hydrogen (secondary N) is 2. The number of para-hydroxylation sites is 2. The molecule has 0 radical (unpaired) electrons. The fraction of sp³-hybridized carbons (Fsp3) is 0.0500. The predicted octanol–water partition coefficient (Wildman–Crippen LogP) is 4.60. The van der Waals surface area contributed by atoms with Crippen molar-refractivity contribution in [2.75, 3.05) is 10.9 Å². The molecule has 2 N–H and O–H groups in total. The Kier molecular flexibility index (Phi) is 4.31. The molecular formula is C20H13F3N4O. The van der Waals surface area contributed by atoms with E-state index < -0.39 is 23.1 Å². The Morgan fingerprint density at radius 3 is 2.14 bits per heavy atom. The van der Waals surface area contributed by atoms with Crippen molar-refractivity contribution in [1.29, 1.82) is 0 Å². The first-order chi connectivity index (χ1) is 13.4. The minimum atomic E-state index is -4.84. The predicted molar refractivity (Wildman–Crippen MR) is 102 cm³/mol. The summed E-state index contributed by atoms with van der Waals surface area (Å²) < 4.78 is 40.8. The molecule has 28 heavy (non-hydrogen) atoms. The van der Waals surface area contributed by atoms with Crippen LogP contribution >= 0.6 is 0 Å². The third-order valence-corrected chi connectivity index (χ3v) is 4.17. The number of alkyl halides is 3. The van der Waals surface area contributed by atoms with Crippen LogP contribution in [0.2, 0.25) is 0 Å². The first kappa shape index (κ1) is 17.7. The van der Waals surface area contributed by atoms with Gasteiger partial charge in [0.25, 0.3) is 5.56 Å². The van der Waals surface area contributed by atoms with Gasteiger partial charge in [-0.05, 0) is 23.6 Å². The average molecular weight is 382 g/mol. The van der Waals surface area contributed by atoms with Gasteiger partial charge in [-0.2, -0.15) is 13.2 Å². The Morgan fingerprint density at radius 2 is 1.39 bits per heavy atom. The number of nitrogens with zero attached hydrogens (tertiary/aromatic N) is 2. The van der Waals surface area contributed by atoms with E-state index in [1.165, 1.54) is 18.2 Å². The lowest BCUT2D eigenvalue weighted by Crippen LogP contribution is -2.22. The van der Waals surface area contributed by atoms with E-state index in [1.54, 1.807) is 18.2 Å². The number of benzene rings is 3. The number of rotatable bonds is 3. The maximum absolute atomic E-state index is 13.6. The van der Waals surface area contributed by atoms with E-state index in [-0.39, 0.29) is 11.0 Å². The minimum Gasteiger partial charge on any atom is -0.300 e. The summed E-state index contributed by atoms with van der Waals surface area (Å²) in [6, 6.07) is 18.6. The fourth-order valence-corrected chi connectivity index (χ4v) is 2.88. The normalized spacial score (nSPS) is 11.5. The molecule has 0 aliphatic heterocycles. The molecular weight excluding hydrogens is 369 g/mol. The van der Waals surface area contributed by atoms with E-state index in [1.807, 2.05) is 30.3 Å². The molecule has 0 atom stereocenters. The van der Waals surface area contributed by atoms with Crippen LogP contribution in [0.3, 0.4) is 0 Å². The summed E-state index contributed by atoms with van der Waals surface area (Å²) in [6.45, 7) is 0. The molecule has 3 aromatic carbocycles. The van der Waals surface area contributed by atoms with Crippen LogP contribution in [0.1, 0.15) is 5.69 Å². The van der Waals surface area contributed by atoms with Gasteiger partial charge in [-0.15, -0.1) is 0 Å². The lowest BCUT2D eigenvalue weighted by Gasteiger charge is -2.13. The van der Waals surface area contributed by atoms with E-state index >= 15 is 0 Å². The van der Waals surface area contributed by atoms with Crippen LogP contribution in [0.25, 0.3) is 21.8 Å². The molecule has 0 unspecified atom stereocenters. The molecule has 0 fully saturated rings. The topological polar surface area (TPSA) is 66.9 Å². The third-order valence-electron chi connectivity index (χ3n) is 4.17. The highest BCUT2D eigenvalue weighted by Gasteiger charge is 2.37. The molecule has 0 bridgehead atoms. The van der Waals surface area contributed by atoms with E-state index in [9.17, 15) is 18.0 Å². The lowest BCUT2D eigenvalue weighted by molar-refractivity contribution is -0.140. The third kappa shape index (κ3) is 3.32. The summed E-state index contributed by atoms with van der Waals surface area (Å²) >= 11 is 0. The van der Waals surface area contributed by atoms with Gasteiger partial charge in [-0.25, -0.2) is 9.97 Å². The van der Waals surface area contributed by atoms with Gasteiger partial charge in [-0.1, -0.05) is 48.5 Å². The minimum absolute atomic E-state index is 0.0230. The molecule has 0 aliphatic carbocycles. The largest absolute Gasteiger partial charge is 0.435 e. The van der Waals surface area contributed by atoms with Gasteiger partial charge in [0.2, 0.25) is 0 Å². The molecule has 140 valence electrons. The van der Waals surface area contributed by atoms with Gasteiger partial charge in [0, 0.05) is 5.39 Å².